The second-order valence-corrected chi connectivity index (χ2v) is 10.6. The zero-order chi connectivity index (χ0) is 24.0. The van der Waals surface area contributed by atoms with Crippen molar-refractivity contribution in [2.75, 3.05) is 11.1 Å². The molecule has 0 radical (unpaired) electrons. The summed E-state index contributed by atoms with van der Waals surface area (Å²) in [5.74, 6) is -0.0129. The third-order valence-electron chi connectivity index (χ3n) is 5.14. The van der Waals surface area contributed by atoms with E-state index < -0.39 is 9.84 Å². The smallest absolute Gasteiger partial charge is 0.234 e. The summed E-state index contributed by atoms with van der Waals surface area (Å²) >= 11 is 1.21. The molecule has 0 spiro atoms. The molecule has 0 bridgehead atoms. The molecule has 1 amide bonds. The van der Waals surface area contributed by atoms with E-state index in [0.717, 1.165) is 28.8 Å². The fourth-order valence-electron chi connectivity index (χ4n) is 3.35. The highest BCUT2D eigenvalue weighted by Crippen LogP contribution is 2.24. The Balaban J connectivity index is 1.74. The van der Waals surface area contributed by atoms with Crippen molar-refractivity contribution in [3.8, 4) is 0 Å². The van der Waals surface area contributed by atoms with E-state index in [1.165, 1.54) is 11.8 Å². The Kier molecular flexibility index (Phi) is 8.10. The van der Waals surface area contributed by atoms with Gasteiger partial charge in [-0.3, -0.25) is 4.79 Å². The lowest BCUT2D eigenvalue weighted by molar-refractivity contribution is -0.113. The number of hydrogen-bond donors (Lipinski definition) is 1. The number of hydrogen-bond acceptors (Lipinski definition) is 6. The SMILES string of the molecule is C=CCn1c(CS(=O)(=O)c2ccc(C)cc2)nnc1SCC(=O)Nc1c(C)cccc1CC. The Morgan fingerprint density at radius 2 is 1.88 bits per heavy atom. The average Bonchev–Trinajstić information content (AvgIpc) is 3.15. The lowest BCUT2D eigenvalue weighted by Crippen LogP contribution is -2.17. The number of rotatable bonds is 10. The van der Waals surface area contributed by atoms with Crippen molar-refractivity contribution in [3.63, 3.8) is 0 Å². The van der Waals surface area contributed by atoms with E-state index in [1.807, 2.05) is 39.0 Å². The molecule has 0 fully saturated rings. The van der Waals surface area contributed by atoms with Crippen LogP contribution in [-0.4, -0.2) is 34.8 Å². The summed E-state index contributed by atoms with van der Waals surface area (Å²) in [5.41, 5.74) is 3.90. The zero-order valence-corrected chi connectivity index (χ0v) is 20.7. The van der Waals surface area contributed by atoms with Crippen LogP contribution in [0.2, 0.25) is 0 Å². The van der Waals surface area contributed by atoms with Crippen LogP contribution in [-0.2, 0) is 33.4 Å². The van der Waals surface area contributed by atoms with Gasteiger partial charge in [0, 0.05) is 12.2 Å². The highest BCUT2D eigenvalue weighted by Gasteiger charge is 2.22. The van der Waals surface area contributed by atoms with E-state index in [-0.39, 0.29) is 22.3 Å². The maximum atomic E-state index is 12.9. The number of allylic oxidation sites excluding steroid dienone is 1. The maximum Gasteiger partial charge on any atom is 0.234 e. The zero-order valence-electron chi connectivity index (χ0n) is 19.0. The summed E-state index contributed by atoms with van der Waals surface area (Å²) in [4.78, 5) is 12.9. The minimum absolute atomic E-state index is 0.122. The molecule has 0 saturated heterocycles. The van der Waals surface area contributed by atoms with E-state index in [0.29, 0.717) is 17.5 Å². The van der Waals surface area contributed by atoms with Gasteiger partial charge in [-0.25, -0.2) is 8.42 Å². The van der Waals surface area contributed by atoms with Gasteiger partial charge in [0.05, 0.1) is 10.6 Å². The van der Waals surface area contributed by atoms with Crippen LogP contribution in [0.1, 0.15) is 29.4 Å². The summed E-state index contributed by atoms with van der Waals surface area (Å²) in [6, 6.07) is 12.6. The van der Waals surface area contributed by atoms with Gasteiger partial charge in [-0.1, -0.05) is 60.7 Å². The number of nitrogens with one attached hydrogen (secondary N) is 1. The maximum absolute atomic E-state index is 12.9. The van der Waals surface area contributed by atoms with Crippen molar-refractivity contribution >= 4 is 33.2 Å². The summed E-state index contributed by atoms with van der Waals surface area (Å²) < 4.78 is 27.4. The number of nitrogens with zero attached hydrogens (tertiary/aromatic N) is 3. The number of sulfone groups is 1. The molecule has 3 rings (SSSR count). The van der Waals surface area contributed by atoms with Gasteiger partial charge >= 0.3 is 0 Å². The first-order valence-electron chi connectivity index (χ1n) is 10.6. The first-order valence-corrected chi connectivity index (χ1v) is 13.2. The van der Waals surface area contributed by atoms with Gasteiger partial charge in [0.25, 0.3) is 0 Å². The summed E-state index contributed by atoms with van der Waals surface area (Å²) in [6.07, 6.45) is 2.47. The minimum atomic E-state index is -3.59. The molecule has 7 nitrogen and oxygen atoms in total. The van der Waals surface area contributed by atoms with Gasteiger partial charge in [-0.2, -0.15) is 0 Å². The van der Waals surface area contributed by atoms with Crippen molar-refractivity contribution in [2.24, 2.45) is 0 Å². The molecule has 9 heteroatoms. The third kappa shape index (κ3) is 6.11. The Bertz CT molecular complexity index is 1250. The quantitative estimate of drug-likeness (QED) is 0.340. The summed E-state index contributed by atoms with van der Waals surface area (Å²) in [5, 5.41) is 11.7. The average molecular weight is 485 g/mol. The molecule has 1 aromatic heterocycles. The number of benzene rings is 2. The normalized spacial score (nSPS) is 11.4. The highest BCUT2D eigenvalue weighted by atomic mass is 32.2. The van der Waals surface area contributed by atoms with E-state index in [2.05, 4.69) is 22.1 Å². The van der Waals surface area contributed by atoms with Gasteiger partial charge in [0.2, 0.25) is 5.91 Å². The molecule has 174 valence electrons. The minimum Gasteiger partial charge on any atom is -0.325 e. The number of carbonyl (C=O) groups is 1. The molecule has 0 aliphatic heterocycles. The van der Waals surface area contributed by atoms with Crippen LogP contribution in [0.3, 0.4) is 0 Å². The molecule has 1 heterocycles. The fourth-order valence-corrected chi connectivity index (χ4v) is 5.39. The molecule has 3 aromatic rings. The van der Waals surface area contributed by atoms with Gasteiger partial charge < -0.3 is 9.88 Å². The molecule has 0 aliphatic rings. The largest absolute Gasteiger partial charge is 0.325 e. The van der Waals surface area contributed by atoms with Crippen molar-refractivity contribution < 1.29 is 13.2 Å². The first kappa shape index (κ1) is 24.7. The monoisotopic (exact) mass is 484 g/mol. The molecular weight excluding hydrogens is 456 g/mol. The van der Waals surface area contributed by atoms with E-state index in [9.17, 15) is 13.2 Å². The predicted molar refractivity (Wildman–Crippen MR) is 132 cm³/mol. The molecule has 0 saturated carbocycles. The lowest BCUT2D eigenvalue weighted by atomic mass is 10.1. The van der Waals surface area contributed by atoms with Crippen LogP contribution in [0.15, 0.2) is 65.2 Å². The molecule has 0 atom stereocenters. The standard InChI is InChI=1S/C24H28N4O3S2/c1-5-14-28-21(16-33(30,31)20-12-10-17(3)11-13-20)26-27-24(28)32-15-22(29)25-23-18(4)8-7-9-19(23)6-2/h5,7-13H,1,6,14-16H2,2-4H3,(H,25,29). The number of aryl methyl sites for hydroxylation is 3. The van der Waals surface area contributed by atoms with Crippen molar-refractivity contribution in [1.82, 2.24) is 14.8 Å². The van der Waals surface area contributed by atoms with Crippen LogP contribution < -0.4 is 5.32 Å². The van der Waals surface area contributed by atoms with Gasteiger partial charge in [0.15, 0.2) is 15.0 Å². The highest BCUT2D eigenvalue weighted by molar-refractivity contribution is 7.99. The summed E-state index contributed by atoms with van der Waals surface area (Å²) in [7, 11) is -3.59. The number of aromatic nitrogens is 3. The van der Waals surface area contributed by atoms with Crippen LogP contribution in [0, 0.1) is 13.8 Å². The van der Waals surface area contributed by atoms with Gasteiger partial charge in [-0.15, -0.1) is 16.8 Å². The molecule has 0 unspecified atom stereocenters. The van der Waals surface area contributed by atoms with Crippen molar-refractivity contribution in [1.29, 1.82) is 0 Å². The third-order valence-corrected chi connectivity index (χ3v) is 7.74. The number of thioether (sulfide) groups is 1. The van der Waals surface area contributed by atoms with E-state index in [4.69, 9.17) is 0 Å². The van der Waals surface area contributed by atoms with Gasteiger partial charge in [0.1, 0.15) is 11.6 Å². The van der Waals surface area contributed by atoms with Crippen LogP contribution in [0.4, 0.5) is 5.69 Å². The Labute approximate surface area is 199 Å². The Morgan fingerprint density at radius 3 is 2.55 bits per heavy atom. The first-order chi connectivity index (χ1) is 15.7. The Hall–Kier alpha value is -2.91. The number of anilines is 1. The lowest BCUT2D eigenvalue weighted by Gasteiger charge is -2.13. The molecule has 2 aromatic carbocycles. The van der Waals surface area contributed by atoms with Crippen molar-refractivity contribution in [2.45, 2.75) is 49.5 Å². The topological polar surface area (TPSA) is 93.9 Å². The number of amides is 1. The molecule has 33 heavy (non-hydrogen) atoms. The number of carbonyl (C=O) groups excluding carboxylic acids is 1. The number of para-hydroxylation sites is 1. The van der Waals surface area contributed by atoms with E-state index in [1.54, 1.807) is 34.9 Å². The molecule has 0 aliphatic carbocycles. The van der Waals surface area contributed by atoms with Gasteiger partial charge in [-0.05, 0) is 43.5 Å². The van der Waals surface area contributed by atoms with Crippen LogP contribution >= 0.6 is 11.8 Å². The summed E-state index contributed by atoms with van der Waals surface area (Å²) in [6.45, 7) is 10.00. The Morgan fingerprint density at radius 1 is 1.15 bits per heavy atom. The molecular formula is C24H28N4O3S2. The van der Waals surface area contributed by atoms with E-state index >= 15 is 0 Å². The van der Waals surface area contributed by atoms with Crippen LogP contribution in [0.5, 0.6) is 0 Å². The second-order valence-electron chi connectivity index (χ2n) is 7.67. The second kappa shape index (κ2) is 10.8. The van der Waals surface area contributed by atoms with Crippen molar-refractivity contribution in [3.05, 3.63) is 77.6 Å². The molecule has 1 N–H and O–H groups in total. The van der Waals surface area contributed by atoms with Crippen LogP contribution in [0.25, 0.3) is 0 Å². The fraction of sp³-hybridized carbons (Fsp3) is 0.292. The predicted octanol–water partition coefficient (Wildman–Crippen LogP) is 4.35.